The normalized spacial score (nSPS) is 12.8. The van der Waals surface area contributed by atoms with E-state index in [1.807, 2.05) is 0 Å². The number of phenols is 1. The number of nitrogens with zero attached hydrogens (tertiary/aromatic N) is 2. The van der Waals surface area contributed by atoms with Crippen molar-refractivity contribution in [3.05, 3.63) is 94.5 Å². The molecule has 0 saturated carbocycles. The summed E-state index contributed by atoms with van der Waals surface area (Å²) in [7, 11) is 1.50. The van der Waals surface area contributed by atoms with Crippen molar-refractivity contribution in [1.29, 1.82) is 0 Å². The first-order valence-corrected chi connectivity index (χ1v) is 9.73. The highest BCUT2D eigenvalue weighted by Crippen LogP contribution is 2.27. The smallest absolute Gasteiger partial charge is 0.275 e. The van der Waals surface area contributed by atoms with Crippen molar-refractivity contribution in [3.63, 3.8) is 0 Å². The fourth-order valence-electron chi connectivity index (χ4n) is 3.45. The van der Waals surface area contributed by atoms with Gasteiger partial charge >= 0.3 is 0 Å². The van der Waals surface area contributed by atoms with Gasteiger partial charge in [0.05, 0.1) is 36.6 Å². The van der Waals surface area contributed by atoms with Crippen molar-refractivity contribution >= 4 is 23.9 Å². The van der Waals surface area contributed by atoms with Crippen LogP contribution in [0, 0.1) is 0 Å². The summed E-state index contributed by atoms with van der Waals surface area (Å²) in [5.41, 5.74) is 4.44. The number of imide groups is 1. The van der Waals surface area contributed by atoms with E-state index in [9.17, 15) is 19.5 Å². The van der Waals surface area contributed by atoms with Crippen molar-refractivity contribution in [2.24, 2.45) is 5.10 Å². The lowest BCUT2D eigenvalue weighted by atomic mass is 10.1. The monoisotopic (exact) mass is 429 g/mol. The fourth-order valence-corrected chi connectivity index (χ4v) is 3.45. The molecule has 0 fully saturated rings. The minimum absolute atomic E-state index is 0.0292. The number of rotatable bonds is 6. The van der Waals surface area contributed by atoms with Crippen LogP contribution in [0.5, 0.6) is 11.5 Å². The molecule has 0 saturated heterocycles. The summed E-state index contributed by atoms with van der Waals surface area (Å²) < 4.78 is 5.38. The molecule has 8 nitrogen and oxygen atoms in total. The Morgan fingerprint density at radius 2 is 1.69 bits per heavy atom. The first-order chi connectivity index (χ1) is 15.5. The number of hydrogen-bond acceptors (Lipinski definition) is 6. The molecule has 4 rings (SSSR count). The molecule has 160 valence electrons. The molecule has 0 atom stereocenters. The molecule has 0 aromatic heterocycles. The number of hydrogen-bond donors (Lipinski definition) is 2. The zero-order valence-corrected chi connectivity index (χ0v) is 17.1. The van der Waals surface area contributed by atoms with Gasteiger partial charge in [0.15, 0.2) is 0 Å². The van der Waals surface area contributed by atoms with E-state index in [4.69, 9.17) is 4.74 Å². The molecular weight excluding hydrogens is 410 g/mol. The van der Waals surface area contributed by atoms with Gasteiger partial charge in [-0.3, -0.25) is 19.3 Å². The second-order valence-corrected chi connectivity index (χ2v) is 7.03. The van der Waals surface area contributed by atoms with Gasteiger partial charge < -0.3 is 9.84 Å². The molecule has 3 aromatic rings. The fraction of sp³-hybridized carbons (Fsp3) is 0.0833. The van der Waals surface area contributed by atoms with Gasteiger partial charge in [0.2, 0.25) is 0 Å². The number of nitrogens with one attached hydrogen (secondary N) is 1. The number of carbonyl (C=O) groups is 3. The summed E-state index contributed by atoms with van der Waals surface area (Å²) in [5.74, 6) is -0.910. The zero-order valence-electron chi connectivity index (χ0n) is 17.1. The minimum atomic E-state index is -0.556. The molecule has 0 aliphatic carbocycles. The van der Waals surface area contributed by atoms with E-state index in [0.29, 0.717) is 28.0 Å². The van der Waals surface area contributed by atoms with Crippen molar-refractivity contribution in [2.75, 3.05) is 7.11 Å². The number of fused-ring (bicyclic) bond motifs is 1. The summed E-state index contributed by atoms with van der Waals surface area (Å²) in [5, 5.41) is 13.7. The molecule has 2 N–H and O–H groups in total. The van der Waals surface area contributed by atoms with E-state index in [-0.39, 0.29) is 29.7 Å². The molecule has 0 radical (unpaired) electrons. The van der Waals surface area contributed by atoms with E-state index < -0.39 is 5.91 Å². The largest absolute Gasteiger partial charge is 0.507 e. The maximum atomic E-state index is 12.7. The van der Waals surface area contributed by atoms with Gasteiger partial charge in [0.1, 0.15) is 11.5 Å². The van der Waals surface area contributed by atoms with Crippen LogP contribution < -0.4 is 10.2 Å². The number of aromatic hydroxyl groups is 1. The molecule has 0 bridgehead atoms. The molecule has 3 amide bonds. The Kier molecular flexibility index (Phi) is 5.67. The van der Waals surface area contributed by atoms with Gasteiger partial charge in [-0.05, 0) is 48.0 Å². The molecule has 3 aromatic carbocycles. The molecular formula is C24H19N3O5. The predicted molar refractivity (Wildman–Crippen MR) is 117 cm³/mol. The van der Waals surface area contributed by atoms with Crippen LogP contribution in [0.4, 0.5) is 0 Å². The SMILES string of the molecule is COc1ccc(C=NNC(=O)c2ccccc2O)cc1CN1C(=O)c2ccccc2C1=O. The van der Waals surface area contributed by atoms with Crippen LogP contribution in [0.2, 0.25) is 0 Å². The molecule has 1 aliphatic rings. The van der Waals surface area contributed by atoms with Crippen LogP contribution in [0.3, 0.4) is 0 Å². The average Bonchev–Trinajstić information content (AvgIpc) is 3.04. The van der Waals surface area contributed by atoms with Gasteiger partial charge in [-0.1, -0.05) is 24.3 Å². The predicted octanol–water partition coefficient (Wildman–Crippen LogP) is 2.96. The van der Waals surface area contributed by atoms with Crippen molar-refractivity contribution in [3.8, 4) is 11.5 Å². The highest BCUT2D eigenvalue weighted by molar-refractivity contribution is 6.21. The van der Waals surface area contributed by atoms with Gasteiger partial charge in [-0.25, -0.2) is 5.43 Å². The zero-order chi connectivity index (χ0) is 22.7. The Morgan fingerprint density at radius 1 is 1.03 bits per heavy atom. The van der Waals surface area contributed by atoms with Crippen molar-refractivity contribution in [2.45, 2.75) is 6.54 Å². The van der Waals surface area contributed by atoms with E-state index in [0.717, 1.165) is 0 Å². The topological polar surface area (TPSA) is 108 Å². The van der Waals surface area contributed by atoms with Crippen LogP contribution in [0.1, 0.15) is 42.2 Å². The van der Waals surface area contributed by atoms with Crippen LogP contribution in [-0.2, 0) is 6.54 Å². The Labute approximate surface area is 183 Å². The highest BCUT2D eigenvalue weighted by atomic mass is 16.5. The first-order valence-electron chi connectivity index (χ1n) is 9.73. The third kappa shape index (κ3) is 3.93. The number of benzene rings is 3. The highest BCUT2D eigenvalue weighted by Gasteiger charge is 2.35. The van der Waals surface area contributed by atoms with Gasteiger partial charge in [0.25, 0.3) is 17.7 Å². The summed E-state index contributed by atoms with van der Waals surface area (Å²) in [6.45, 7) is 0.0292. The number of para-hydroxylation sites is 1. The molecule has 1 heterocycles. The van der Waals surface area contributed by atoms with Gasteiger partial charge in [-0.15, -0.1) is 0 Å². The second kappa shape index (κ2) is 8.73. The quantitative estimate of drug-likeness (QED) is 0.356. The van der Waals surface area contributed by atoms with Gasteiger partial charge in [0, 0.05) is 5.56 Å². The Bertz CT molecular complexity index is 1220. The number of phenolic OH excluding ortho intramolecular Hbond substituents is 1. The number of carbonyl (C=O) groups excluding carboxylic acids is 3. The van der Waals surface area contributed by atoms with Crippen molar-refractivity contribution in [1.82, 2.24) is 10.3 Å². The van der Waals surface area contributed by atoms with E-state index in [1.165, 1.54) is 30.4 Å². The molecule has 0 unspecified atom stereocenters. The molecule has 1 aliphatic heterocycles. The van der Waals surface area contributed by atoms with Crippen LogP contribution in [0.15, 0.2) is 71.8 Å². The van der Waals surface area contributed by atoms with Crippen LogP contribution in [0.25, 0.3) is 0 Å². The van der Waals surface area contributed by atoms with Crippen LogP contribution >= 0.6 is 0 Å². The average molecular weight is 429 g/mol. The lowest BCUT2D eigenvalue weighted by Crippen LogP contribution is -2.29. The number of methoxy groups -OCH3 is 1. The van der Waals surface area contributed by atoms with Crippen LogP contribution in [-0.4, -0.2) is 41.1 Å². The lowest BCUT2D eigenvalue weighted by Gasteiger charge is -2.16. The molecule has 0 spiro atoms. The summed E-state index contributed by atoms with van der Waals surface area (Å²) in [6, 6.07) is 18.0. The van der Waals surface area contributed by atoms with Gasteiger partial charge in [-0.2, -0.15) is 5.10 Å². The number of ether oxygens (including phenoxy) is 1. The Hall–Kier alpha value is -4.46. The summed E-state index contributed by atoms with van der Waals surface area (Å²) >= 11 is 0. The lowest BCUT2D eigenvalue weighted by molar-refractivity contribution is 0.0641. The van der Waals surface area contributed by atoms with Crippen molar-refractivity contribution < 1.29 is 24.2 Å². The molecule has 32 heavy (non-hydrogen) atoms. The second-order valence-electron chi connectivity index (χ2n) is 7.03. The van der Waals surface area contributed by atoms with E-state index >= 15 is 0 Å². The van der Waals surface area contributed by atoms with E-state index in [2.05, 4.69) is 10.5 Å². The summed E-state index contributed by atoms with van der Waals surface area (Å²) in [4.78, 5) is 38.7. The third-order valence-electron chi connectivity index (χ3n) is 5.04. The first kappa shape index (κ1) is 20.8. The maximum Gasteiger partial charge on any atom is 0.275 e. The number of amides is 3. The standard InChI is InChI=1S/C24H19N3O5/c1-32-21-11-10-15(13-25-26-22(29)19-8-4-5-9-20(19)28)12-16(21)14-27-23(30)17-6-2-3-7-18(17)24(27)31/h2-13,28H,14H2,1H3,(H,26,29). The third-order valence-corrected chi connectivity index (χ3v) is 5.04. The van der Waals surface area contributed by atoms with E-state index in [1.54, 1.807) is 54.6 Å². The minimum Gasteiger partial charge on any atom is -0.507 e. The molecule has 8 heteroatoms. The Balaban J connectivity index is 1.52. The summed E-state index contributed by atoms with van der Waals surface area (Å²) in [6.07, 6.45) is 1.42. The number of hydrazone groups is 1. The maximum absolute atomic E-state index is 12.7. The Morgan fingerprint density at radius 3 is 2.34 bits per heavy atom.